The third-order valence-corrected chi connectivity index (χ3v) is 1.14. The number of hydrogen-bond donors (Lipinski definition) is 1. The van der Waals surface area contributed by atoms with Crippen LogP contribution in [0.4, 0.5) is 0 Å². The molecular formula is C7H13NO. The first-order chi connectivity index (χ1) is 4.22. The van der Waals surface area contributed by atoms with Gasteiger partial charge in [0.1, 0.15) is 0 Å². The lowest BCUT2D eigenvalue weighted by Gasteiger charge is -2.01. The molecule has 0 spiro atoms. The fraction of sp³-hybridized carbons (Fsp3) is 0.571. The molecule has 0 bridgehead atoms. The summed E-state index contributed by atoms with van der Waals surface area (Å²) in [5.74, 6) is 0.0631. The summed E-state index contributed by atoms with van der Waals surface area (Å²) in [7, 11) is 1.64. The van der Waals surface area contributed by atoms with Gasteiger partial charge in [-0.25, -0.2) is 0 Å². The van der Waals surface area contributed by atoms with Crippen molar-refractivity contribution >= 4 is 5.91 Å². The zero-order chi connectivity index (χ0) is 7.28. The Balaban J connectivity index is 3.72. The van der Waals surface area contributed by atoms with Crippen LogP contribution in [0, 0.1) is 5.92 Å². The lowest BCUT2D eigenvalue weighted by atomic mass is 10.1. The van der Waals surface area contributed by atoms with Gasteiger partial charge in [-0.1, -0.05) is 19.1 Å². The van der Waals surface area contributed by atoms with Crippen LogP contribution >= 0.6 is 0 Å². The maximum Gasteiger partial charge on any atom is 0.226 e. The monoisotopic (exact) mass is 127 g/mol. The quantitative estimate of drug-likeness (QED) is 0.550. The van der Waals surface area contributed by atoms with E-state index in [9.17, 15) is 4.79 Å². The first-order valence-corrected chi connectivity index (χ1v) is 3.06. The van der Waals surface area contributed by atoms with E-state index in [-0.39, 0.29) is 11.8 Å². The van der Waals surface area contributed by atoms with Crippen molar-refractivity contribution in [3.05, 3.63) is 12.2 Å². The number of carbonyl (C=O) groups excluding carboxylic acids is 1. The van der Waals surface area contributed by atoms with Crippen molar-refractivity contribution in [2.24, 2.45) is 5.92 Å². The van der Waals surface area contributed by atoms with Crippen molar-refractivity contribution in [1.82, 2.24) is 5.32 Å². The minimum atomic E-state index is -0.000000000000000444. The van der Waals surface area contributed by atoms with E-state index in [2.05, 4.69) is 5.32 Å². The molecule has 2 nitrogen and oxygen atoms in total. The van der Waals surface area contributed by atoms with Crippen LogP contribution in [-0.2, 0) is 4.79 Å². The molecule has 0 aromatic heterocycles. The molecule has 0 fully saturated rings. The predicted molar refractivity (Wildman–Crippen MR) is 38.0 cm³/mol. The van der Waals surface area contributed by atoms with E-state index in [0.717, 1.165) is 0 Å². The number of allylic oxidation sites excluding steroid dienone is 1. The molecule has 0 saturated heterocycles. The molecular weight excluding hydrogens is 114 g/mol. The largest absolute Gasteiger partial charge is 0.359 e. The molecule has 0 aromatic carbocycles. The molecule has 0 rings (SSSR count). The maximum absolute atomic E-state index is 10.7. The Labute approximate surface area is 56.0 Å². The molecule has 0 aromatic rings. The molecule has 2 heteroatoms. The van der Waals surface area contributed by atoms with Gasteiger partial charge in [-0.05, 0) is 6.92 Å². The Bertz CT molecular complexity index is 118. The van der Waals surface area contributed by atoms with Crippen molar-refractivity contribution in [1.29, 1.82) is 0 Å². The third kappa shape index (κ3) is 2.90. The molecule has 0 aliphatic rings. The molecule has 1 unspecified atom stereocenters. The third-order valence-electron chi connectivity index (χ3n) is 1.14. The lowest BCUT2D eigenvalue weighted by Crippen LogP contribution is -2.23. The van der Waals surface area contributed by atoms with Gasteiger partial charge in [0.15, 0.2) is 0 Å². The van der Waals surface area contributed by atoms with Gasteiger partial charge in [-0.2, -0.15) is 0 Å². The van der Waals surface area contributed by atoms with Gasteiger partial charge in [-0.3, -0.25) is 4.79 Å². The molecule has 52 valence electrons. The van der Waals surface area contributed by atoms with E-state index >= 15 is 0 Å². The number of nitrogens with one attached hydrogen (secondary N) is 1. The molecule has 0 aliphatic carbocycles. The molecule has 0 radical (unpaired) electrons. The van der Waals surface area contributed by atoms with Gasteiger partial charge in [0, 0.05) is 7.05 Å². The minimum Gasteiger partial charge on any atom is -0.359 e. The van der Waals surface area contributed by atoms with Crippen LogP contribution < -0.4 is 5.32 Å². The highest BCUT2D eigenvalue weighted by Crippen LogP contribution is 1.94. The average molecular weight is 127 g/mol. The topological polar surface area (TPSA) is 29.1 Å². The van der Waals surface area contributed by atoms with Crippen LogP contribution in [0.5, 0.6) is 0 Å². The van der Waals surface area contributed by atoms with E-state index in [1.165, 1.54) is 0 Å². The number of amides is 1. The fourth-order valence-electron chi connectivity index (χ4n) is 0.604. The van der Waals surface area contributed by atoms with E-state index in [0.29, 0.717) is 0 Å². The van der Waals surface area contributed by atoms with Crippen LogP contribution in [-0.4, -0.2) is 13.0 Å². The van der Waals surface area contributed by atoms with Crippen LogP contribution in [0.3, 0.4) is 0 Å². The van der Waals surface area contributed by atoms with Crippen LogP contribution in [0.25, 0.3) is 0 Å². The Morgan fingerprint density at radius 2 is 2.22 bits per heavy atom. The van der Waals surface area contributed by atoms with Crippen molar-refractivity contribution in [2.45, 2.75) is 13.8 Å². The van der Waals surface area contributed by atoms with Gasteiger partial charge >= 0.3 is 0 Å². The Morgan fingerprint density at radius 3 is 2.56 bits per heavy atom. The first kappa shape index (κ1) is 8.21. The summed E-state index contributed by atoms with van der Waals surface area (Å²) in [4.78, 5) is 10.7. The lowest BCUT2D eigenvalue weighted by molar-refractivity contribution is -0.122. The first-order valence-electron chi connectivity index (χ1n) is 3.06. The zero-order valence-electron chi connectivity index (χ0n) is 6.14. The minimum absolute atomic E-state index is 0.000000000000000444. The van der Waals surface area contributed by atoms with Crippen LogP contribution in [0.1, 0.15) is 13.8 Å². The summed E-state index contributed by atoms with van der Waals surface area (Å²) in [5, 5.41) is 2.56. The van der Waals surface area contributed by atoms with E-state index in [1.807, 2.05) is 26.0 Å². The molecule has 1 atom stereocenters. The van der Waals surface area contributed by atoms with Crippen molar-refractivity contribution < 1.29 is 4.79 Å². The number of carbonyl (C=O) groups is 1. The molecule has 9 heavy (non-hydrogen) atoms. The Kier molecular flexibility index (Phi) is 3.76. The van der Waals surface area contributed by atoms with E-state index in [1.54, 1.807) is 7.05 Å². The second-order valence-corrected chi connectivity index (χ2v) is 1.93. The summed E-state index contributed by atoms with van der Waals surface area (Å²) in [6.45, 7) is 3.76. The summed E-state index contributed by atoms with van der Waals surface area (Å²) >= 11 is 0. The summed E-state index contributed by atoms with van der Waals surface area (Å²) < 4.78 is 0. The highest BCUT2D eigenvalue weighted by Gasteiger charge is 2.03. The second kappa shape index (κ2) is 4.13. The predicted octanol–water partition coefficient (Wildman–Crippen LogP) is 0.945. The summed E-state index contributed by atoms with van der Waals surface area (Å²) in [6.07, 6.45) is 3.73. The van der Waals surface area contributed by atoms with Gasteiger partial charge in [0.05, 0.1) is 5.92 Å². The maximum atomic E-state index is 10.7. The summed E-state index contributed by atoms with van der Waals surface area (Å²) in [6, 6.07) is 0. The molecule has 1 N–H and O–H groups in total. The fourth-order valence-corrected chi connectivity index (χ4v) is 0.604. The van der Waals surface area contributed by atoms with Gasteiger partial charge in [0.25, 0.3) is 0 Å². The smallest absolute Gasteiger partial charge is 0.226 e. The van der Waals surface area contributed by atoms with E-state index in [4.69, 9.17) is 0 Å². The second-order valence-electron chi connectivity index (χ2n) is 1.93. The SMILES string of the molecule is CC=CC(C)C(=O)NC. The average Bonchev–Trinajstić information content (AvgIpc) is 1.87. The van der Waals surface area contributed by atoms with Gasteiger partial charge < -0.3 is 5.32 Å². The van der Waals surface area contributed by atoms with Crippen LogP contribution in [0.2, 0.25) is 0 Å². The van der Waals surface area contributed by atoms with Gasteiger partial charge in [0.2, 0.25) is 5.91 Å². The van der Waals surface area contributed by atoms with Crippen LogP contribution in [0.15, 0.2) is 12.2 Å². The van der Waals surface area contributed by atoms with Crippen molar-refractivity contribution in [3.8, 4) is 0 Å². The van der Waals surface area contributed by atoms with Gasteiger partial charge in [-0.15, -0.1) is 0 Å². The van der Waals surface area contributed by atoms with Crippen molar-refractivity contribution in [3.63, 3.8) is 0 Å². The summed E-state index contributed by atoms with van der Waals surface area (Å²) in [5.41, 5.74) is 0. The highest BCUT2D eigenvalue weighted by molar-refractivity contribution is 5.79. The number of hydrogen-bond acceptors (Lipinski definition) is 1. The Morgan fingerprint density at radius 1 is 1.67 bits per heavy atom. The molecule has 0 saturated carbocycles. The highest BCUT2D eigenvalue weighted by atomic mass is 16.1. The molecule has 1 amide bonds. The normalized spacial score (nSPS) is 13.7. The van der Waals surface area contributed by atoms with E-state index < -0.39 is 0 Å². The zero-order valence-corrected chi connectivity index (χ0v) is 6.14. The Hall–Kier alpha value is -0.790. The molecule has 0 heterocycles. The number of rotatable bonds is 2. The van der Waals surface area contributed by atoms with Crippen molar-refractivity contribution in [2.75, 3.05) is 7.05 Å². The standard InChI is InChI=1S/C7H13NO/c1-4-5-6(2)7(9)8-3/h4-6H,1-3H3,(H,8,9). The molecule has 0 aliphatic heterocycles.